The third-order valence-corrected chi connectivity index (χ3v) is 6.37. The van der Waals surface area contributed by atoms with E-state index in [0.717, 1.165) is 31.3 Å². The molecule has 2 atom stereocenters. The van der Waals surface area contributed by atoms with Gasteiger partial charge in [-0.05, 0) is 39.5 Å². The number of nitrogens with one attached hydrogen (secondary N) is 1. The van der Waals surface area contributed by atoms with Crippen LogP contribution < -0.4 is 5.32 Å². The average Bonchev–Trinajstić information content (AvgIpc) is 2.59. The van der Waals surface area contributed by atoms with Gasteiger partial charge in [-0.2, -0.15) is 0 Å². The van der Waals surface area contributed by atoms with Gasteiger partial charge in [0.2, 0.25) is 5.91 Å². The maximum Gasteiger partial charge on any atom is 0.307 e. The molecule has 0 radical (unpaired) electrons. The number of hydrogen-bond acceptors (Lipinski definition) is 2. The van der Waals surface area contributed by atoms with Gasteiger partial charge in [0, 0.05) is 6.04 Å². The van der Waals surface area contributed by atoms with Gasteiger partial charge in [-0.3, -0.25) is 9.59 Å². The molecule has 0 saturated heterocycles. The van der Waals surface area contributed by atoms with E-state index >= 15 is 0 Å². The molecule has 0 heterocycles. The molecule has 0 aromatic heterocycles. The van der Waals surface area contributed by atoms with Gasteiger partial charge < -0.3 is 10.4 Å². The Morgan fingerprint density at radius 1 is 0.769 bits per heavy atom. The minimum absolute atomic E-state index is 0.0404. The van der Waals surface area contributed by atoms with Gasteiger partial charge in [0.15, 0.2) is 0 Å². The maximum atomic E-state index is 12.9. The summed E-state index contributed by atoms with van der Waals surface area (Å²) >= 11 is 0. The summed E-state index contributed by atoms with van der Waals surface area (Å²) < 4.78 is 0. The minimum Gasteiger partial charge on any atom is -0.481 e. The van der Waals surface area contributed by atoms with Gasteiger partial charge in [-0.25, -0.2) is 0 Å². The van der Waals surface area contributed by atoms with Crippen LogP contribution in [0.2, 0.25) is 0 Å². The van der Waals surface area contributed by atoms with Crippen molar-refractivity contribution in [2.24, 2.45) is 11.8 Å². The van der Waals surface area contributed by atoms with Gasteiger partial charge in [0.1, 0.15) is 0 Å². The molecule has 0 bridgehead atoms. The Morgan fingerprint density at radius 2 is 1.19 bits per heavy atom. The number of aliphatic carboxylic acids is 1. The van der Waals surface area contributed by atoms with Crippen LogP contribution in [-0.2, 0) is 9.59 Å². The van der Waals surface area contributed by atoms with E-state index in [0.29, 0.717) is 12.8 Å². The molecule has 1 amide bonds. The van der Waals surface area contributed by atoms with Crippen LogP contribution in [0.25, 0.3) is 0 Å². The highest BCUT2D eigenvalue weighted by molar-refractivity contribution is 5.85. The van der Waals surface area contributed by atoms with E-state index in [1.807, 2.05) is 13.8 Å². The third kappa shape index (κ3) is 6.44. The van der Waals surface area contributed by atoms with Gasteiger partial charge in [-0.15, -0.1) is 0 Å². The molecule has 0 aromatic carbocycles. The zero-order valence-corrected chi connectivity index (χ0v) is 16.7. The molecular weight excluding hydrogens is 326 g/mol. The highest BCUT2D eigenvalue weighted by atomic mass is 16.4. The zero-order chi connectivity index (χ0) is 18.9. The number of carboxylic acids is 1. The Hall–Kier alpha value is -1.32. The summed E-state index contributed by atoms with van der Waals surface area (Å²) in [6.45, 7) is 4.02. The van der Waals surface area contributed by atoms with Crippen LogP contribution in [-0.4, -0.2) is 23.0 Å². The lowest BCUT2D eigenvalue weighted by atomic mass is 9.76. The first kappa shape index (κ1) is 21.0. The second-order valence-electron chi connectivity index (χ2n) is 8.48. The highest BCUT2D eigenvalue weighted by Crippen LogP contribution is 2.34. The lowest BCUT2D eigenvalue weighted by Gasteiger charge is -2.31. The van der Waals surface area contributed by atoms with Crippen molar-refractivity contribution < 1.29 is 14.7 Å². The SMILES string of the molecule is CC1=C(C)C[C@H](C(=O)NC2CCCCCCCCCCC2)[C@@H](C(=O)O)C1. The Bertz CT molecular complexity index is 500. The van der Waals surface area contributed by atoms with Crippen LogP contribution >= 0.6 is 0 Å². The molecule has 2 rings (SSSR count). The van der Waals surface area contributed by atoms with Gasteiger partial charge in [0.25, 0.3) is 0 Å². The Kier molecular flexibility index (Phi) is 8.67. The quantitative estimate of drug-likeness (QED) is 0.675. The number of carbonyl (C=O) groups is 2. The van der Waals surface area contributed by atoms with Crippen molar-refractivity contribution in [2.75, 3.05) is 0 Å². The predicted molar refractivity (Wildman–Crippen MR) is 105 cm³/mol. The standard InChI is InChI=1S/C22H37NO3/c1-16-14-19(20(22(25)26)15-17(16)2)21(24)23-18-12-10-8-6-4-3-5-7-9-11-13-18/h18-20H,3-15H2,1-2H3,(H,23,24)(H,25,26)/t19-,20-/m0/s1. The molecular formula is C22H37NO3. The summed E-state index contributed by atoms with van der Waals surface area (Å²) in [5.41, 5.74) is 2.31. The first-order chi connectivity index (χ1) is 12.5. The van der Waals surface area contributed by atoms with E-state index in [1.165, 1.54) is 50.5 Å². The van der Waals surface area contributed by atoms with Gasteiger partial charge in [-0.1, -0.05) is 68.9 Å². The number of hydrogen-bond donors (Lipinski definition) is 2. The first-order valence-corrected chi connectivity index (χ1v) is 10.7. The highest BCUT2D eigenvalue weighted by Gasteiger charge is 2.37. The molecule has 0 aliphatic heterocycles. The summed E-state index contributed by atoms with van der Waals surface area (Å²) in [6.07, 6.45) is 14.6. The predicted octanol–water partition coefficient (Wildman–Crippen LogP) is 5.22. The van der Waals surface area contributed by atoms with Crippen LogP contribution in [0.4, 0.5) is 0 Å². The summed E-state index contributed by atoms with van der Waals surface area (Å²) in [4.78, 5) is 24.6. The molecule has 4 nitrogen and oxygen atoms in total. The van der Waals surface area contributed by atoms with Crippen molar-refractivity contribution in [3.05, 3.63) is 11.1 Å². The van der Waals surface area contributed by atoms with Crippen molar-refractivity contribution >= 4 is 11.9 Å². The lowest BCUT2D eigenvalue weighted by Crippen LogP contribution is -2.44. The van der Waals surface area contributed by atoms with Crippen molar-refractivity contribution in [2.45, 2.75) is 103 Å². The Labute approximate surface area is 158 Å². The summed E-state index contributed by atoms with van der Waals surface area (Å²) in [5, 5.41) is 12.8. The Balaban J connectivity index is 1.96. The van der Waals surface area contributed by atoms with E-state index in [2.05, 4.69) is 5.32 Å². The number of rotatable bonds is 3. The number of carboxylic acid groups (broad SMARTS) is 1. The molecule has 148 valence electrons. The second-order valence-corrected chi connectivity index (χ2v) is 8.48. The van der Waals surface area contributed by atoms with Crippen molar-refractivity contribution in [1.29, 1.82) is 0 Å². The number of allylic oxidation sites excluding steroid dienone is 2. The van der Waals surface area contributed by atoms with Crippen LogP contribution in [0.5, 0.6) is 0 Å². The topological polar surface area (TPSA) is 66.4 Å². The Morgan fingerprint density at radius 3 is 1.65 bits per heavy atom. The molecule has 2 aliphatic rings. The van der Waals surface area contributed by atoms with E-state index in [-0.39, 0.29) is 11.9 Å². The molecule has 26 heavy (non-hydrogen) atoms. The lowest BCUT2D eigenvalue weighted by molar-refractivity contribution is -0.147. The monoisotopic (exact) mass is 363 g/mol. The molecule has 2 aliphatic carbocycles. The first-order valence-electron chi connectivity index (χ1n) is 10.7. The summed E-state index contributed by atoms with van der Waals surface area (Å²) in [7, 11) is 0. The van der Waals surface area contributed by atoms with E-state index in [9.17, 15) is 14.7 Å². The fraction of sp³-hybridized carbons (Fsp3) is 0.818. The molecule has 0 aromatic rings. The summed E-state index contributed by atoms with van der Waals surface area (Å²) in [6, 6.07) is 0.212. The van der Waals surface area contributed by atoms with E-state index < -0.39 is 17.8 Å². The van der Waals surface area contributed by atoms with Crippen molar-refractivity contribution in [1.82, 2.24) is 5.32 Å². The normalized spacial score (nSPS) is 27.3. The fourth-order valence-corrected chi connectivity index (χ4v) is 4.44. The number of amides is 1. The van der Waals surface area contributed by atoms with E-state index in [4.69, 9.17) is 0 Å². The van der Waals surface area contributed by atoms with Gasteiger partial charge >= 0.3 is 5.97 Å². The van der Waals surface area contributed by atoms with Crippen LogP contribution in [0.1, 0.15) is 97.3 Å². The van der Waals surface area contributed by atoms with Crippen LogP contribution in [0, 0.1) is 11.8 Å². The number of carbonyl (C=O) groups excluding carboxylic acids is 1. The molecule has 1 fully saturated rings. The van der Waals surface area contributed by atoms with Crippen LogP contribution in [0.3, 0.4) is 0 Å². The molecule has 1 saturated carbocycles. The maximum absolute atomic E-state index is 12.9. The third-order valence-electron chi connectivity index (χ3n) is 6.37. The molecule has 2 N–H and O–H groups in total. The van der Waals surface area contributed by atoms with Gasteiger partial charge in [0.05, 0.1) is 11.8 Å². The second kappa shape index (κ2) is 10.7. The minimum atomic E-state index is -0.837. The summed E-state index contributed by atoms with van der Waals surface area (Å²) in [5.74, 6) is -1.88. The average molecular weight is 364 g/mol. The van der Waals surface area contributed by atoms with Crippen LogP contribution in [0.15, 0.2) is 11.1 Å². The largest absolute Gasteiger partial charge is 0.481 e. The van der Waals surface area contributed by atoms with E-state index in [1.54, 1.807) is 0 Å². The smallest absolute Gasteiger partial charge is 0.307 e. The molecule has 0 spiro atoms. The molecule has 0 unspecified atom stereocenters. The van der Waals surface area contributed by atoms with Crippen molar-refractivity contribution in [3.8, 4) is 0 Å². The fourth-order valence-electron chi connectivity index (χ4n) is 4.44. The van der Waals surface area contributed by atoms with Crippen molar-refractivity contribution in [3.63, 3.8) is 0 Å². The zero-order valence-electron chi connectivity index (χ0n) is 16.7. The molecule has 4 heteroatoms.